The van der Waals surface area contributed by atoms with Crippen molar-refractivity contribution in [1.29, 1.82) is 0 Å². The number of carbonyl (C=O) groups is 1. The number of aromatic nitrogens is 1. The molecule has 0 spiro atoms. The molecular formula is C19H22FN3O2. The normalized spacial score (nSPS) is 15.0. The number of likely N-dealkylation sites (tertiary alicyclic amines) is 1. The summed E-state index contributed by atoms with van der Waals surface area (Å²) in [6.07, 6.45) is 6.35. The second-order valence-corrected chi connectivity index (χ2v) is 6.19. The molecule has 132 valence electrons. The van der Waals surface area contributed by atoms with Crippen molar-refractivity contribution in [2.45, 2.75) is 19.3 Å². The summed E-state index contributed by atoms with van der Waals surface area (Å²) in [6, 6.07) is 9.38. The van der Waals surface area contributed by atoms with Gasteiger partial charge in [0.05, 0.1) is 6.61 Å². The van der Waals surface area contributed by atoms with Gasteiger partial charge in [0.25, 0.3) is 0 Å². The third-order valence-electron chi connectivity index (χ3n) is 4.44. The summed E-state index contributed by atoms with van der Waals surface area (Å²) in [4.78, 5) is 18.0. The van der Waals surface area contributed by atoms with Crippen LogP contribution in [0.2, 0.25) is 0 Å². The first-order chi connectivity index (χ1) is 12.2. The maximum absolute atomic E-state index is 12.9. The van der Waals surface area contributed by atoms with Gasteiger partial charge < -0.3 is 15.0 Å². The van der Waals surface area contributed by atoms with E-state index in [0.717, 1.165) is 38.1 Å². The number of nitrogens with zero attached hydrogens (tertiary/aromatic N) is 2. The van der Waals surface area contributed by atoms with Gasteiger partial charge in [-0.3, -0.25) is 4.98 Å². The van der Waals surface area contributed by atoms with Crippen LogP contribution in [0.3, 0.4) is 0 Å². The van der Waals surface area contributed by atoms with E-state index in [0.29, 0.717) is 18.2 Å². The van der Waals surface area contributed by atoms with Crippen LogP contribution in [0.25, 0.3) is 0 Å². The fourth-order valence-corrected chi connectivity index (χ4v) is 2.94. The molecule has 1 saturated heterocycles. The standard InChI is InChI=1S/C19H22FN3O2/c20-16-1-3-17(4-2-16)22-19(24)23-12-7-15(8-13-23)9-14-25-18-5-10-21-11-6-18/h1-6,10-11,15H,7-9,12-14H2,(H,22,24). The monoisotopic (exact) mass is 343 g/mol. The van der Waals surface area contributed by atoms with E-state index in [2.05, 4.69) is 10.3 Å². The largest absolute Gasteiger partial charge is 0.493 e. The van der Waals surface area contributed by atoms with Crippen molar-refractivity contribution in [2.24, 2.45) is 5.92 Å². The predicted molar refractivity (Wildman–Crippen MR) is 94.1 cm³/mol. The van der Waals surface area contributed by atoms with Gasteiger partial charge in [0.2, 0.25) is 0 Å². The average Bonchev–Trinajstić information content (AvgIpc) is 2.65. The summed E-state index contributed by atoms with van der Waals surface area (Å²) < 4.78 is 18.6. The Labute approximate surface area is 146 Å². The number of ether oxygens (including phenoxy) is 1. The minimum Gasteiger partial charge on any atom is -0.493 e. The Morgan fingerprint density at radius 3 is 2.52 bits per heavy atom. The third-order valence-corrected chi connectivity index (χ3v) is 4.44. The number of pyridine rings is 1. The van der Waals surface area contributed by atoms with Gasteiger partial charge in [-0.2, -0.15) is 0 Å². The molecule has 0 saturated carbocycles. The number of rotatable bonds is 5. The number of piperidine rings is 1. The lowest BCUT2D eigenvalue weighted by atomic mass is 9.94. The van der Waals surface area contributed by atoms with Gasteiger partial charge in [0.15, 0.2) is 0 Å². The van der Waals surface area contributed by atoms with Crippen molar-refractivity contribution in [1.82, 2.24) is 9.88 Å². The van der Waals surface area contributed by atoms with Crippen LogP contribution in [0.4, 0.5) is 14.9 Å². The van der Waals surface area contributed by atoms with E-state index in [1.54, 1.807) is 24.5 Å². The summed E-state index contributed by atoms with van der Waals surface area (Å²) >= 11 is 0. The first-order valence-corrected chi connectivity index (χ1v) is 8.55. The Bertz CT molecular complexity index is 671. The Hall–Kier alpha value is -2.63. The van der Waals surface area contributed by atoms with Crippen molar-refractivity contribution < 1.29 is 13.9 Å². The summed E-state index contributed by atoms with van der Waals surface area (Å²) in [5.74, 6) is 1.09. The van der Waals surface area contributed by atoms with Crippen LogP contribution in [0, 0.1) is 11.7 Å². The van der Waals surface area contributed by atoms with Gasteiger partial charge >= 0.3 is 6.03 Å². The van der Waals surface area contributed by atoms with E-state index in [1.165, 1.54) is 12.1 Å². The first kappa shape index (κ1) is 17.2. The first-order valence-electron chi connectivity index (χ1n) is 8.55. The van der Waals surface area contributed by atoms with Gasteiger partial charge in [-0.05, 0) is 61.6 Å². The molecule has 1 fully saturated rings. The number of hydrogen-bond acceptors (Lipinski definition) is 3. The van der Waals surface area contributed by atoms with Crippen molar-refractivity contribution >= 4 is 11.7 Å². The van der Waals surface area contributed by atoms with Crippen molar-refractivity contribution in [3.63, 3.8) is 0 Å². The molecule has 1 aromatic heterocycles. The zero-order valence-electron chi connectivity index (χ0n) is 14.0. The molecule has 2 amide bonds. The zero-order valence-corrected chi connectivity index (χ0v) is 14.0. The van der Waals surface area contributed by atoms with Gasteiger partial charge in [0, 0.05) is 31.2 Å². The van der Waals surface area contributed by atoms with Crippen molar-refractivity contribution in [3.05, 3.63) is 54.6 Å². The lowest BCUT2D eigenvalue weighted by molar-refractivity contribution is 0.170. The molecule has 6 heteroatoms. The molecule has 25 heavy (non-hydrogen) atoms. The molecule has 1 aliphatic rings. The van der Waals surface area contributed by atoms with E-state index in [-0.39, 0.29) is 11.8 Å². The Balaban J connectivity index is 1.37. The number of benzene rings is 1. The van der Waals surface area contributed by atoms with Crippen molar-refractivity contribution in [3.8, 4) is 5.75 Å². The lowest BCUT2D eigenvalue weighted by Gasteiger charge is -2.32. The van der Waals surface area contributed by atoms with Gasteiger partial charge in [-0.25, -0.2) is 9.18 Å². The number of amides is 2. The molecule has 1 N–H and O–H groups in total. The van der Waals surface area contributed by atoms with Crippen LogP contribution in [0.5, 0.6) is 5.75 Å². The van der Waals surface area contributed by atoms with Crippen LogP contribution in [0.1, 0.15) is 19.3 Å². The van der Waals surface area contributed by atoms with E-state index in [9.17, 15) is 9.18 Å². The minimum atomic E-state index is -0.312. The highest BCUT2D eigenvalue weighted by Crippen LogP contribution is 2.22. The molecule has 0 aliphatic carbocycles. The van der Waals surface area contributed by atoms with E-state index >= 15 is 0 Å². The van der Waals surface area contributed by atoms with Crippen molar-refractivity contribution in [2.75, 3.05) is 25.0 Å². The van der Waals surface area contributed by atoms with Gasteiger partial charge in [-0.15, -0.1) is 0 Å². The van der Waals surface area contributed by atoms with E-state index in [4.69, 9.17) is 4.74 Å². The summed E-state index contributed by atoms with van der Waals surface area (Å²) in [5.41, 5.74) is 0.610. The molecule has 0 atom stereocenters. The zero-order chi connectivity index (χ0) is 17.5. The maximum atomic E-state index is 12.9. The number of carbonyl (C=O) groups excluding carboxylic acids is 1. The fraction of sp³-hybridized carbons (Fsp3) is 0.368. The number of halogens is 1. The SMILES string of the molecule is O=C(Nc1ccc(F)cc1)N1CCC(CCOc2ccncc2)CC1. The molecule has 1 aliphatic heterocycles. The van der Waals surface area contributed by atoms with Crippen LogP contribution >= 0.6 is 0 Å². The van der Waals surface area contributed by atoms with Gasteiger partial charge in [-0.1, -0.05) is 0 Å². The molecule has 0 radical (unpaired) electrons. The molecular weight excluding hydrogens is 321 g/mol. The third kappa shape index (κ3) is 5.17. The van der Waals surface area contributed by atoms with E-state index < -0.39 is 0 Å². The van der Waals surface area contributed by atoms with Crippen LogP contribution in [-0.4, -0.2) is 35.6 Å². The molecule has 0 unspecified atom stereocenters. The number of anilines is 1. The second kappa shape index (κ2) is 8.46. The Morgan fingerprint density at radius 1 is 1.16 bits per heavy atom. The lowest BCUT2D eigenvalue weighted by Crippen LogP contribution is -2.41. The van der Waals surface area contributed by atoms with Crippen LogP contribution in [-0.2, 0) is 0 Å². The van der Waals surface area contributed by atoms with Crippen LogP contribution in [0.15, 0.2) is 48.8 Å². The summed E-state index contributed by atoms with van der Waals surface area (Å²) in [6.45, 7) is 2.14. The predicted octanol–water partition coefficient (Wildman–Crippen LogP) is 3.93. The molecule has 1 aromatic carbocycles. The topological polar surface area (TPSA) is 54.5 Å². The second-order valence-electron chi connectivity index (χ2n) is 6.19. The van der Waals surface area contributed by atoms with Crippen LogP contribution < -0.4 is 10.1 Å². The molecule has 2 aromatic rings. The minimum absolute atomic E-state index is 0.127. The average molecular weight is 343 g/mol. The summed E-state index contributed by atoms with van der Waals surface area (Å²) in [5, 5.41) is 2.81. The fourth-order valence-electron chi connectivity index (χ4n) is 2.94. The summed E-state index contributed by atoms with van der Waals surface area (Å²) in [7, 11) is 0. The molecule has 5 nitrogen and oxygen atoms in total. The quantitative estimate of drug-likeness (QED) is 0.895. The smallest absolute Gasteiger partial charge is 0.321 e. The van der Waals surface area contributed by atoms with Gasteiger partial charge in [0.1, 0.15) is 11.6 Å². The molecule has 0 bridgehead atoms. The number of nitrogens with one attached hydrogen (secondary N) is 1. The number of hydrogen-bond donors (Lipinski definition) is 1. The molecule has 3 rings (SSSR count). The highest BCUT2D eigenvalue weighted by atomic mass is 19.1. The molecule has 2 heterocycles. The maximum Gasteiger partial charge on any atom is 0.321 e. The Morgan fingerprint density at radius 2 is 1.84 bits per heavy atom. The highest BCUT2D eigenvalue weighted by Gasteiger charge is 2.22. The van der Waals surface area contributed by atoms with E-state index in [1.807, 2.05) is 17.0 Å². The highest BCUT2D eigenvalue weighted by molar-refractivity contribution is 5.89. The Kier molecular flexibility index (Phi) is 5.82. The number of urea groups is 1.